The van der Waals surface area contributed by atoms with Crippen molar-refractivity contribution < 1.29 is 9.13 Å². The van der Waals surface area contributed by atoms with Crippen molar-refractivity contribution in [3.63, 3.8) is 0 Å². The number of nitrogens with one attached hydrogen (secondary N) is 1. The Morgan fingerprint density at radius 2 is 2.06 bits per heavy atom. The number of rotatable bonds is 6. The lowest BCUT2D eigenvalue weighted by molar-refractivity contribution is 0.192. The zero-order chi connectivity index (χ0) is 12.7. The van der Waals surface area contributed by atoms with Crippen LogP contribution in [-0.2, 0) is 11.2 Å². The number of nitriles is 1. The Kier molecular flexibility index (Phi) is 5.08. The second kappa shape index (κ2) is 6.33. The molecule has 1 unspecified atom stereocenters. The summed E-state index contributed by atoms with van der Waals surface area (Å²) in [5.74, 6) is -0.264. The summed E-state index contributed by atoms with van der Waals surface area (Å²) in [4.78, 5) is 0. The predicted molar refractivity (Wildman–Crippen MR) is 64.0 cm³/mol. The van der Waals surface area contributed by atoms with Crippen LogP contribution in [0.1, 0.15) is 12.5 Å². The summed E-state index contributed by atoms with van der Waals surface area (Å²) in [5, 5.41) is 12.3. The van der Waals surface area contributed by atoms with Crippen LogP contribution in [0.4, 0.5) is 4.39 Å². The maximum Gasteiger partial charge on any atom is 0.123 e. The number of hydrogen-bond donors (Lipinski definition) is 1. The molecule has 3 nitrogen and oxygen atoms in total. The summed E-state index contributed by atoms with van der Waals surface area (Å²) < 4.78 is 17.7. The molecule has 0 radical (unpaired) electrons. The molecule has 0 aromatic heterocycles. The van der Waals surface area contributed by atoms with E-state index < -0.39 is 5.54 Å². The molecule has 1 aromatic rings. The second-order valence-corrected chi connectivity index (χ2v) is 4.17. The molecule has 0 bridgehead atoms. The first-order valence-electron chi connectivity index (χ1n) is 5.49. The van der Waals surface area contributed by atoms with E-state index in [1.54, 1.807) is 19.2 Å². The molecule has 1 aromatic carbocycles. The van der Waals surface area contributed by atoms with Crippen LogP contribution < -0.4 is 5.32 Å². The van der Waals surface area contributed by atoms with E-state index in [0.717, 1.165) is 5.56 Å². The van der Waals surface area contributed by atoms with Crippen molar-refractivity contribution in [2.45, 2.75) is 18.9 Å². The molecular formula is C13H17FN2O. The summed E-state index contributed by atoms with van der Waals surface area (Å²) in [6.45, 7) is 2.99. The van der Waals surface area contributed by atoms with Gasteiger partial charge in [0.25, 0.3) is 0 Å². The molecule has 92 valence electrons. The van der Waals surface area contributed by atoms with E-state index in [9.17, 15) is 9.65 Å². The SMILES string of the molecule is COCCNC(C)(C#N)Cc1ccc(F)cc1. The minimum atomic E-state index is -0.656. The van der Waals surface area contributed by atoms with Gasteiger partial charge in [-0.25, -0.2) is 4.39 Å². The van der Waals surface area contributed by atoms with Gasteiger partial charge in [-0.1, -0.05) is 12.1 Å². The van der Waals surface area contributed by atoms with E-state index in [1.807, 2.05) is 6.92 Å². The minimum Gasteiger partial charge on any atom is -0.383 e. The Morgan fingerprint density at radius 1 is 1.41 bits per heavy atom. The normalized spacial score (nSPS) is 14.0. The average Bonchev–Trinajstić information content (AvgIpc) is 2.33. The zero-order valence-corrected chi connectivity index (χ0v) is 10.2. The maximum atomic E-state index is 12.8. The van der Waals surface area contributed by atoms with E-state index in [4.69, 9.17) is 4.74 Å². The molecule has 1 N–H and O–H groups in total. The van der Waals surface area contributed by atoms with Gasteiger partial charge in [0.05, 0.1) is 12.7 Å². The van der Waals surface area contributed by atoms with Crippen LogP contribution in [0.2, 0.25) is 0 Å². The molecule has 0 fully saturated rings. The van der Waals surface area contributed by atoms with Crippen molar-refractivity contribution in [2.24, 2.45) is 0 Å². The largest absolute Gasteiger partial charge is 0.383 e. The minimum absolute atomic E-state index is 0.264. The fourth-order valence-electron chi connectivity index (χ4n) is 1.58. The van der Waals surface area contributed by atoms with E-state index in [2.05, 4.69) is 11.4 Å². The first-order chi connectivity index (χ1) is 8.09. The number of methoxy groups -OCH3 is 1. The summed E-state index contributed by atoms with van der Waals surface area (Å²) in [5.41, 5.74) is 0.275. The van der Waals surface area contributed by atoms with Crippen molar-refractivity contribution in [1.82, 2.24) is 5.32 Å². The predicted octanol–water partition coefficient (Wildman–Crippen LogP) is 1.89. The lowest BCUT2D eigenvalue weighted by Gasteiger charge is -2.23. The molecule has 0 spiro atoms. The van der Waals surface area contributed by atoms with E-state index >= 15 is 0 Å². The number of halogens is 1. The molecule has 4 heteroatoms. The quantitative estimate of drug-likeness (QED) is 0.767. The number of nitrogens with zero attached hydrogens (tertiary/aromatic N) is 1. The summed E-state index contributed by atoms with van der Waals surface area (Å²) >= 11 is 0. The van der Waals surface area contributed by atoms with Crippen molar-refractivity contribution >= 4 is 0 Å². The molecule has 0 aliphatic carbocycles. The summed E-state index contributed by atoms with van der Waals surface area (Å²) in [7, 11) is 1.62. The molecule has 0 heterocycles. The third-order valence-electron chi connectivity index (χ3n) is 2.54. The van der Waals surface area contributed by atoms with Crippen molar-refractivity contribution in [2.75, 3.05) is 20.3 Å². The van der Waals surface area contributed by atoms with Crippen LogP contribution in [-0.4, -0.2) is 25.8 Å². The van der Waals surface area contributed by atoms with Gasteiger partial charge in [-0.3, -0.25) is 5.32 Å². The third kappa shape index (κ3) is 4.51. The Bertz CT molecular complexity index is 385. The smallest absolute Gasteiger partial charge is 0.123 e. The number of hydrogen-bond acceptors (Lipinski definition) is 3. The molecule has 0 saturated carbocycles. The van der Waals surface area contributed by atoms with Crippen LogP contribution in [0.25, 0.3) is 0 Å². The third-order valence-corrected chi connectivity index (χ3v) is 2.54. The van der Waals surface area contributed by atoms with Gasteiger partial charge in [-0.05, 0) is 24.6 Å². The highest BCUT2D eigenvalue weighted by Crippen LogP contribution is 2.13. The van der Waals surface area contributed by atoms with E-state index in [1.165, 1.54) is 12.1 Å². The van der Waals surface area contributed by atoms with Crippen molar-refractivity contribution in [3.8, 4) is 6.07 Å². The van der Waals surface area contributed by atoms with Gasteiger partial charge >= 0.3 is 0 Å². The van der Waals surface area contributed by atoms with Gasteiger partial charge in [0.15, 0.2) is 0 Å². The highest BCUT2D eigenvalue weighted by molar-refractivity contribution is 5.22. The monoisotopic (exact) mass is 236 g/mol. The van der Waals surface area contributed by atoms with Gasteiger partial charge in [-0.2, -0.15) is 5.26 Å². The van der Waals surface area contributed by atoms with Crippen LogP contribution in [0, 0.1) is 17.1 Å². The molecule has 0 amide bonds. The topological polar surface area (TPSA) is 45.0 Å². The Hall–Kier alpha value is -1.44. The van der Waals surface area contributed by atoms with Gasteiger partial charge in [0, 0.05) is 20.1 Å². The van der Waals surface area contributed by atoms with Gasteiger partial charge < -0.3 is 4.74 Å². The molecule has 0 aliphatic rings. The van der Waals surface area contributed by atoms with Crippen LogP contribution in [0.3, 0.4) is 0 Å². The number of ether oxygens (including phenoxy) is 1. The van der Waals surface area contributed by atoms with Gasteiger partial charge in [0.2, 0.25) is 0 Å². The van der Waals surface area contributed by atoms with E-state index in [-0.39, 0.29) is 5.82 Å². The molecule has 1 rings (SSSR count). The molecule has 17 heavy (non-hydrogen) atoms. The molecule has 0 aliphatic heterocycles. The fourth-order valence-corrected chi connectivity index (χ4v) is 1.58. The average molecular weight is 236 g/mol. The Morgan fingerprint density at radius 3 is 2.59 bits per heavy atom. The second-order valence-electron chi connectivity index (χ2n) is 4.17. The van der Waals surface area contributed by atoms with Crippen LogP contribution >= 0.6 is 0 Å². The first-order valence-corrected chi connectivity index (χ1v) is 5.49. The van der Waals surface area contributed by atoms with Crippen LogP contribution in [0.15, 0.2) is 24.3 Å². The van der Waals surface area contributed by atoms with Gasteiger partial charge in [-0.15, -0.1) is 0 Å². The van der Waals surface area contributed by atoms with Crippen molar-refractivity contribution in [3.05, 3.63) is 35.6 Å². The zero-order valence-electron chi connectivity index (χ0n) is 10.2. The first kappa shape index (κ1) is 13.6. The maximum absolute atomic E-state index is 12.8. The number of benzene rings is 1. The lowest BCUT2D eigenvalue weighted by Crippen LogP contribution is -2.44. The Balaban J connectivity index is 2.62. The molecule has 1 atom stereocenters. The van der Waals surface area contributed by atoms with Crippen LogP contribution in [0.5, 0.6) is 0 Å². The Labute approximate surface area is 101 Å². The summed E-state index contributed by atoms with van der Waals surface area (Å²) in [6.07, 6.45) is 0.535. The highest BCUT2D eigenvalue weighted by atomic mass is 19.1. The molecule has 0 saturated heterocycles. The lowest BCUT2D eigenvalue weighted by atomic mass is 9.94. The van der Waals surface area contributed by atoms with Gasteiger partial charge in [0.1, 0.15) is 11.4 Å². The molecular weight excluding hydrogens is 219 g/mol. The highest BCUT2D eigenvalue weighted by Gasteiger charge is 2.23. The van der Waals surface area contributed by atoms with E-state index in [0.29, 0.717) is 19.6 Å². The standard InChI is InChI=1S/C13H17FN2O/c1-13(10-15,16-7-8-17-2)9-11-3-5-12(14)6-4-11/h3-6,16H,7-9H2,1-2H3. The summed E-state index contributed by atoms with van der Waals surface area (Å²) in [6, 6.07) is 8.44. The fraction of sp³-hybridized carbons (Fsp3) is 0.462. The van der Waals surface area contributed by atoms with Crippen molar-refractivity contribution in [1.29, 1.82) is 5.26 Å².